The molecule has 0 aliphatic carbocycles. The van der Waals surface area contributed by atoms with Gasteiger partial charge in [0.25, 0.3) is 0 Å². The summed E-state index contributed by atoms with van der Waals surface area (Å²) >= 11 is 0. The fourth-order valence-corrected chi connectivity index (χ4v) is 3.43. The lowest BCUT2D eigenvalue weighted by atomic mass is 9.88. The molecule has 0 radical (unpaired) electrons. The molecule has 0 saturated carbocycles. The van der Waals surface area contributed by atoms with E-state index in [4.69, 9.17) is 4.99 Å². The van der Waals surface area contributed by atoms with Crippen LogP contribution >= 0.6 is 0 Å². The van der Waals surface area contributed by atoms with E-state index in [9.17, 15) is 0 Å². The van der Waals surface area contributed by atoms with E-state index in [2.05, 4.69) is 56.0 Å². The number of fused-ring (bicyclic) bond motifs is 2. The second-order valence-corrected chi connectivity index (χ2v) is 6.09. The summed E-state index contributed by atoms with van der Waals surface area (Å²) in [5.74, 6) is 0.700. The van der Waals surface area contributed by atoms with Gasteiger partial charge < -0.3 is 0 Å². The SMILES string of the molecule is C[C@@H](/N=C1/C2CCN(C2)C1(C)C)c1ccccc1. The quantitative estimate of drug-likeness (QED) is 0.777. The minimum atomic E-state index is 0.173. The fourth-order valence-electron chi connectivity index (χ4n) is 3.43. The maximum absolute atomic E-state index is 5.06. The first kappa shape index (κ1) is 11.9. The van der Waals surface area contributed by atoms with Crippen LogP contribution in [0.2, 0.25) is 0 Å². The van der Waals surface area contributed by atoms with Gasteiger partial charge in [0.2, 0.25) is 0 Å². The molecule has 1 aromatic carbocycles. The molecule has 1 aromatic rings. The molecule has 2 fully saturated rings. The highest BCUT2D eigenvalue weighted by Gasteiger charge is 2.48. The molecule has 0 aromatic heterocycles. The lowest BCUT2D eigenvalue weighted by molar-refractivity contribution is 0.239. The zero-order chi connectivity index (χ0) is 12.8. The molecule has 2 saturated heterocycles. The van der Waals surface area contributed by atoms with Crippen molar-refractivity contribution in [3.63, 3.8) is 0 Å². The highest BCUT2D eigenvalue weighted by Crippen LogP contribution is 2.39. The molecule has 3 atom stereocenters. The molecular weight excluding hydrogens is 220 g/mol. The number of hydrogen-bond donors (Lipinski definition) is 0. The first-order valence-corrected chi connectivity index (χ1v) is 6.97. The lowest BCUT2D eigenvalue weighted by Crippen LogP contribution is -2.45. The Hall–Kier alpha value is -1.15. The van der Waals surface area contributed by atoms with Crippen LogP contribution in [0.5, 0.6) is 0 Å². The molecule has 0 N–H and O–H groups in total. The highest BCUT2D eigenvalue weighted by molar-refractivity contribution is 5.98. The minimum absolute atomic E-state index is 0.173. The molecule has 3 rings (SSSR count). The van der Waals surface area contributed by atoms with E-state index in [1.807, 2.05) is 0 Å². The van der Waals surface area contributed by atoms with Crippen molar-refractivity contribution in [3.8, 4) is 0 Å². The van der Waals surface area contributed by atoms with Gasteiger partial charge in [-0.05, 0) is 39.3 Å². The molecule has 2 aliphatic heterocycles. The van der Waals surface area contributed by atoms with E-state index in [-0.39, 0.29) is 11.6 Å². The zero-order valence-electron chi connectivity index (χ0n) is 11.6. The van der Waals surface area contributed by atoms with Crippen LogP contribution in [-0.2, 0) is 0 Å². The van der Waals surface area contributed by atoms with Gasteiger partial charge in [0, 0.05) is 18.2 Å². The summed E-state index contributed by atoms with van der Waals surface area (Å²) in [4.78, 5) is 7.63. The van der Waals surface area contributed by atoms with Crippen molar-refractivity contribution in [3.05, 3.63) is 35.9 Å². The molecule has 2 heterocycles. The van der Waals surface area contributed by atoms with Gasteiger partial charge in [-0.1, -0.05) is 30.3 Å². The van der Waals surface area contributed by atoms with E-state index < -0.39 is 0 Å². The monoisotopic (exact) mass is 242 g/mol. The average Bonchev–Trinajstić information content (AvgIpc) is 2.93. The van der Waals surface area contributed by atoms with Crippen molar-refractivity contribution >= 4 is 5.71 Å². The second-order valence-electron chi connectivity index (χ2n) is 6.09. The summed E-state index contributed by atoms with van der Waals surface area (Å²) < 4.78 is 0. The van der Waals surface area contributed by atoms with Crippen LogP contribution in [0, 0.1) is 5.92 Å². The molecule has 2 bridgehead atoms. The Balaban J connectivity index is 1.89. The summed E-state index contributed by atoms with van der Waals surface area (Å²) in [6.45, 7) is 9.31. The Bertz CT molecular complexity index is 461. The number of hydrogen-bond acceptors (Lipinski definition) is 2. The van der Waals surface area contributed by atoms with Crippen LogP contribution in [0.1, 0.15) is 38.8 Å². The third kappa shape index (κ3) is 1.79. The smallest absolute Gasteiger partial charge is 0.0721 e. The van der Waals surface area contributed by atoms with Gasteiger partial charge in [-0.25, -0.2) is 0 Å². The molecular formula is C16H22N2. The maximum atomic E-state index is 5.06. The van der Waals surface area contributed by atoms with Crippen molar-refractivity contribution in [1.82, 2.24) is 4.90 Å². The number of rotatable bonds is 2. The van der Waals surface area contributed by atoms with Crippen LogP contribution in [0.25, 0.3) is 0 Å². The summed E-state index contributed by atoms with van der Waals surface area (Å²) in [5, 5.41) is 0. The largest absolute Gasteiger partial charge is 0.292 e. The predicted molar refractivity (Wildman–Crippen MR) is 76.1 cm³/mol. The average molecular weight is 242 g/mol. The summed E-state index contributed by atoms with van der Waals surface area (Å²) in [6, 6.07) is 10.9. The molecule has 2 heteroatoms. The van der Waals surface area contributed by atoms with E-state index in [1.165, 1.54) is 30.8 Å². The van der Waals surface area contributed by atoms with Crippen molar-refractivity contribution in [2.24, 2.45) is 10.9 Å². The van der Waals surface area contributed by atoms with E-state index in [1.54, 1.807) is 0 Å². The van der Waals surface area contributed by atoms with Crippen molar-refractivity contribution in [1.29, 1.82) is 0 Å². The van der Waals surface area contributed by atoms with Crippen molar-refractivity contribution in [2.45, 2.75) is 38.8 Å². The van der Waals surface area contributed by atoms with Gasteiger partial charge in [-0.3, -0.25) is 9.89 Å². The van der Waals surface area contributed by atoms with Crippen molar-refractivity contribution in [2.75, 3.05) is 13.1 Å². The predicted octanol–water partition coefficient (Wildman–Crippen LogP) is 3.30. The Kier molecular flexibility index (Phi) is 2.78. The molecule has 0 spiro atoms. The summed E-state index contributed by atoms with van der Waals surface area (Å²) in [5.41, 5.74) is 2.91. The third-order valence-corrected chi connectivity index (χ3v) is 4.61. The maximum Gasteiger partial charge on any atom is 0.0721 e. The Labute approximate surface area is 110 Å². The van der Waals surface area contributed by atoms with Gasteiger partial charge in [0.1, 0.15) is 0 Å². The molecule has 2 aliphatic rings. The van der Waals surface area contributed by atoms with Gasteiger partial charge in [0.15, 0.2) is 0 Å². The topological polar surface area (TPSA) is 15.6 Å². The van der Waals surface area contributed by atoms with Crippen molar-refractivity contribution < 1.29 is 0 Å². The van der Waals surface area contributed by atoms with E-state index in [0.29, 0.717) is 5.92 Å². The fraction of sp³-hybridized carbons (Fsp3) is 0.562. The third-order valence-electron chi connectivity index (χ3n) is 4.61. The van der Waals surface area contributed by atoms with Gasteiger partial charge in [-0.2, -0.15) is 0 Å². The molecule has 2 nitrogen and oxygen atoms in total. The van der Waals surface area contributed by atoms with Crippen LogP contribution in [0.3, 0.4) is 0 Å². The Morgan fingerprint density at radius 1 is 1.28 bits per heavy atom. The molecule has 18 heavy (non-hydrogen) atoms. The highest BCUT2D eigenvalue weighted by atomic mass is 15.3. The number of aliphatic imine (C=N–C) groups is 1. The first-order chi connectivity index (χ1) is 8.59. The summed E-state index contributed by atoms with van der Waals surface area (Å²) in [7, 11) is 0. The van der Waals surface area contributed by atoms with Crippen LogP contribution in [0.4, 0.5) is 0 Å². The Morgan fingerprint density at radius 3 is 2.61 bits per heavy atom. The lowest BCUT2D eigenvalue weighted by Gasteiger charge is -2.34. The van der Waals surface area contributed by atoms with Crippen LogP contribution in [-0.4, -0.2) is 29.2 Å². The normalized spacial score (nSPS) is 32.9. The van der Waals surface area contributed by atoms with Crippen LogP contribution in [0.15, 0.2) is 35.3 Å². The second kappa shape index (κ2) is 4.20. The number of nitrogens with zero attached hydrogens (tertiary/aromatic N) is 2. The number of piperidine rings is 1. The van der Waals surface area contributed by atoms with Gasteiger partial charge >= 0.3 is 0 Å². The van der Waals surface area contributed by atoms with E-state index in [0.717, 1.165) is 0 Å². The zero-order valence-corrected chi connectivity index (χ0v) is 11.6. The van der Waals surface area contributed by atoms with Crippen LogP contribution < -0.4 is 0 Å². The standard InChI is InChI=1S/C16H22N2/c1-12(13-7-5-4-6-8-13)17-15-14-9-10-18(11-14)16(15,2)3/h4-8,12,14H,9-11H2,1-3H3/b17-15-/t12-,14?/m1/s1. The molecule has 0 amide bonds. The van der Waals surface area contributed by atoms with E-state index >= 15 is 0 Å². The van der Waals surface area contributed by atoms with Gasteiger partial charge in [-0.15, -0.1) is 0 Å². The minimum Gasteiger partial charge on any atom is -0.292 e. The first-order valence-electron chi connectivity index (χ1n) is 6.97. The number of benzene rings is 1. The molecule has 2 unspecified atom stereocenters. The summed E-state index contributed by atoms with van der Waals surface area (Å²) in [6.07, 6.45) is 1.30. The van der Waals surface area contributed by atoms with Gasteiger partial charge in [0.05, 0.1) is 11.6 Å². The Morgan fingerprint density at radius 2 is 2.00 bits per heavy atom. The molecule has 96 valence electrons.